The Hall–Kier alpha value is -0.860. The van der Waals surface area contributed by atoms with E-state index in [1.165, 1.54) is 29.5 Å². The van der Waals surface area contributed by atoms with Crippen LogP contribution in [-0.4, -0.2) is 18.2 Å². The Bertz CT molecular complexity index is 461. The van der Waals surface area contributed by atoms with Gasteiger partial charge in [-0.15, -0.1) is 0 Å². The molecule has 1 atom stereocenters. The summed E-state index contributed by atoms with van der Waals surface area (Å²) in [4.78, 5) is 0. The first-order valence-electron chi connectivity index (χ1n) is 8.42. The first-order chi connectivity index (χ1) is 9.97. The van der Waals surface area contributed by atoms with Gasteiger partial charge in [-0.2, -0.15) is 0 Å². The van der Waals surface area contributed by atoms with Crippen molar-refractivity contribution in [2.24, 2.45) is 11.7 Å². The molecule has 2 N–H and O–H groups in total. The fourth-order valence-electron chi connectivity index (χ4n) is 3.53. The van der Waals surface area contributed by atoms with Crippen LogP contribution in [0.25, 0.3) is 0 Å². The highest BCUT2D eigenvalue weighted by Gasteiger charge is 2.40. The molecule has 1 fully saturated rings. The number of ether oxygens (including phenoxy) is 1. The first-order valence-corrected chi connectivity index (χ1v) is 8.42. The average molecular weight is 289 g/mol. The Balaban J connectivity index is 2.11. The maximum atomic E-state index is 6.61. The zero-order valence-electron chi connectivity index (χ0n) is 14.1. The second-order valence-corrected chi connectivity index (χ2v) is 6.91. The zero-order chi connectivity index (χ0) is 15.5. The summed E-state index contributed by atoms with van der Waals surface area (Å²) in [6.07, 6.45) is 5.60. The van der Waals surface area contributed by atoms with E-state index in [0.29, 0.717) is 0 Å². The second-order valence-electron chi connectivity index (χ2n) is 6.91. The van der Waals surface area contributed by atoms with Gasteiger partial charge in [0, 0.05) is 12.6 Å². The Morgan fingerprint density at radius 2 is 1.90 bits per heavy atom. The summed E-state index contributed by atoms with van der Waals surface area (Å²) in [6.45, 7) is 9.51. The van der Waals surface area contributed by atoms with Gasteiger partial charge in [0.25, 0.3) is 0 Å². The third-order valence-electron chi connectivity index (χ3n) is 5.26. The number of hydrogen-bond acceptors (Lipinski definition) is 2. The molecule has 1 aliphatic carbocycles. The molecule has 1 unspecified atom stereocenters. The predicted molar refractivity (Wildman–Crippen MR) is 89.6 cm³/mol. The molecule has 0 bridgehead atoms. The lowest BCUT2D eigenvalue weighted by molar-refractivity contribution is -0.0883. The molecule has 1 saturated carbocycles. The fraction of sp³-hybridized carbons (Fsp3) is 0.684. The van der Waals surface area contributed by atoms with E-state index < -0.39 is 0 Å². The lowest BCUT2D eigenvalue weighted by Crippen LogP contribution is -2.53. The number of hydrogen-bond donors (Lipinski definition) is 1. The van der Waals surface area contributed by atoms with Gasteiger partial charge in [-0.1, -0.05) is 25.1 Å². The molecule has 2 rings (SSSR count). The van der Waals surface area contributed by atoms with Crippen molar-refractivity contribution < 1.29 is 4.74 Å². The molecular formula is C19H31NO. The van der Waals surface area contributed by atoms with Crippen LogP contribution in [0.4, 0.5) is 0 Å². The highest BCUT2D eigenvalue weighted by Crippen LogP contribution is 2.37. The molecule has 0 saturated heterocycles. The van der Waals surface area contributed by atoms with Gasteiger partial charge in [-0.25, -0.2) is 0 Å². The van der Waals surface area contributed by atoms with Crippen LogP contribution in [0, 0.1) is 19.8 Å². The maximum Gasteiger partial charge on any atom is 0.0835 e. The standard InChI is InChI=1S/C19H31NO/c1-5-21-19(10-8-14(2)9-11-19)18(20)13-17-7-6-15(3)16(4)12-17/h6-7,12,14,18H,5,8-11,13,20H2,1-4H3. The minimum absolute atomic E-state index is 0.0899. The van der Waals surface area contributed by atoms with Crippen LogP contribution in [0.2, 0.25) is 0 Å². The van der Waals surface area contributed by atoms with E-state index in [1.54, 1.807) is 0 Å². The summed E-state index contributed by atoms with van der Waals surface area (Å²) >= 11 is 0. The predicted octanol–water partition coefficient (Wildman–Crippen LogP) is 4.16. The van der Waals surface area contributed by atoms with Crippen molar-refractivity contribution in [3.63, 3.8) is 0 Å². The van der Waals surface area contributed by atoms with E-state index in [2.05, 4.69) is 45.9 Å². The number of benzene rings is 1. The van der Waals surface area contributed by atoms with Gasteiger partial charge in [0.2, 0.25) is 0 Å². The molecule has 1 aromatic rings. The molecule has 0 amide bonds. The van der Waals surface area contributed by atoms with Crippen molar-refractivity contribution in [3.05, 3.63) is 34.9 Å². The summed E-state index contributed by atoms with van der Waals surface area (Å²) in [5, 5.41) is 0. The molecule has 21 heavy (non-hydrogen) atoms. The van der Waals surface area contributed by atoms with Crippen molar-refractivity contribution in [1.82, 2.24) is 0 Å². The SMILES string of the molecule is CCOC1(C(N)Cc2ccc(C)c(C)c2)CCC(C)CC1. The largest absolute Gasteiger partial charge is 0.374 e. The van der Waals surface area contributed by atoms with Gasteiger partial charge in [0.15, 0.2) is 0 Å². The van der Waals surface area contributed by atoms with E-state index >= 15 is 0 Å². The van der Waals surface area contributed by atoms with E-state index in [9.17, 15) is 0 Å². The highest BCUT2D eigenvalue weighted by atomic mass is 16.5. The van der Waals surface area contributed by atoms with Crippen LogP contribution in [0.5, 0.6) is 0 Å². The third-order valence-corrected chi connectivity index (χ3v) is 5.26. The van der Waals surface area contributed by atoms with Crippen LogP contribution in [0.1, 0.15) is 56.2 Å². The zero-order valence-corrected chi connectivity index (χ0v) is 14.1. The Morgan fingerprint density at radius 1 is 1.24 bits per heavy atom. The van der Waals surface area contributed by atoms with E-state index in [1.807, 2.05) is 0 Å². The van der Waals surface area contributed by atoms with Crippen molar-refractivity contribution in [3.8, 4) is 0 Å². The molecule has 0 aliphatic heterocycles. The van der Waals surface area contributed by atoms with Gasteiger partial charge in [-0.3, -0.25) is 0 Å². The lowest BCUT2D eigenvalue weighted by Gasteiger charge is -2.43. The second kappa shape index (κ2) is 6.93. The fourth-order valence-corrected chi connectivity index (χ4v) is 3.53. The molecule has 0 spiro atoms. The van der Waals surface area contributed by atoms with Crippen LogP contribution in [-0.2, 0) is 11.2 Å². The van der Waals surface area contributed by atoms with Crippen LogP contribution < -0.4 is 5.73 Å². The average Bonchev–Trinajstić information content (AvgIpc) is 2.46. The van der Waals surface area contributed by atoms with Gasteiger partial charge in [0.1, 0.15) is 0 Å². The van der Waals surface area contributed by atoms with Crippen molar-refractivity contribution in [1.29, 1.82) is 0 Å². The molecular weight excluding hydrogens is 258 g/mol. The maximum absolute atomic E-state index is 6.61. The normalized spacial score (nSPS) is 27.6. The lowest BCUT2D eigenvalue weighted by atomic mass is 9.74. The monoisotopic (exact) mass is 289 g/mol. The quantitative estimate of drug-likeness (QED) is 0.883. The van der Waals surface area contributed by atoms with Crippen LogP contribution >= 0.6 is 0 Å². The van der Waals surface area contributed by atoms with Gasteiger partial charge < -0.3 is 10.5 Å². The molecule has 2 heteroatoms. The third kappa shape index (κ3) is 3.87. The molecule has 1 aromatic carbocycles. The first kappa shape index (κ1) is 16.5. The van der Waals surface area contributed by atoms with Crippen molar-refractivity contribution in [2.75, 3.05) is 6.61 Å². The molecule has 2 nitrogen and oxygen atoms in total. The summed E-state index contributed by atoms with van der Waals surface area (Å²) in [5.74, 6) is 0.812. The Labute approximate surface area is 130 Å². The summed E-state index contributed by atoms with van der Waals surface area (Å²) < 4.78 is 6.18. The van der Waals surface area contributed by atoms with Crippen molar-refractivity contribution in [2.45, 2.75) is 71.4 Å². The number of rotatable bonds is 5. The highest BCUT2D eigenvalue weighted by molar-refractivity contribution is 5.30. The smallest absolute Gasteiger partial charge is 0.0835 e. The molecule has 0 heterocycles. The van der Waals surface area contributed by atoms with E-state index in [4.69, 9.17) is 10.5 Å². The summed E-state index contributed by atoms with van der Waals surface area (Å²) in [6, 6.07) is 6.79. The summed E-state index contributed by atoms with van der Waals surface area (Å²) in [7, 11) is 0. The van der Waals surface area contributed by atoms with Crippen LogP contribution in [0.3, 0.4) is 0 Å². The molecule has 1 aliphatic rings. The van der Waals surface area contributed by atoms with E-state index in [0.717, 1.165) is 31.8 Å². The molecule has 118 valence electrons. The minimum atomic E-state index is -0.111. The molecule has 0 aromatic heterocycles. The number of nitrogens with two attached hydrogens (primary N) is 1. The van der Waals surface area contributed by atoms with Gasteiger partial charge in [-0.05, 0) is 75.5 Å². The van der Waals surface area contributed by atoms with Crippen LogP contribution in [0.15, 0.2) is 18.2 Å². The van der Waals surface area contributed by atoms with Gasteiger partial charge >= 0.3 is 0 Å². The minimum Gasteiger partial charge on any atom is -0.374 e. The molecule has 0 radical (unpaired) electrons. The Kier molecular flexibility index (Phi) is 5.45. The Morgan fingerprint density at radius 3 is 2.48 bits per heavy atom. The van der Waals surface area contributed by atoms with Gasteiger partial charge in [0.05, 0.1) is 5.60 Å². The number of aryl methyl sites for hydroxylation is 2. The summed E-state index contributed by atoms with van der Waals surface area (Å²) in [5.41, 5.74) is 10.5. The topological polar surface area (TPSA) is 35.2 Å². The van der Waals surface area contributed by atoms with Crippen molar-refractivity contribution >= 4 is 0 Å². The van der Waals surface area contributed by atoms with E-state index in [-0.39, 0.29) is 11.6 Å².